The molecule has 0 bridgehead atoms. The number of allylic oxidation sites excluding steroid dienone is 1. The summed E-state index contributed by atoms with van der Waals surface area (Å²) in [5.74, 6) is 3.01. The highest BCUT2D eigenvalue weighted by Gasteiger charge is 2.61. The quantitative estimate of drug-likeness (QED) is 0.446. The molecule has 0 radical (unpaired) electrons. The molecule has 0 heterocycles. The van der Waals surface area contributed by atoms with Crippen LogP contribution in [0.2, 0.25) is 0 Å². The lowest BCUT2D eigenvalue weighted by Crippen LogP contribution is -2.55. The van der Waals surface area contributed by atoms with Gasteiger partial charge in [-0.05, 0) is 97.3 Å². The Kier molecular flexibility index (Phi) is 11.0. The molecule has 3 saturated carbocycles. The van der Waals surface area contributed by atoms with Crippen LogP contribution in [0.15, 0.2) is 11.6 Å². The summed E-state index contributed by atoms with van der Waals surface area (Å²) >= 11 is 1.00. The first-order chi connectivity index (χ1) is 14.8. The van der Waals surface area contributed by atoms with Crippen LogP contribution in [0, 0.1) is 34.5 Å². The van der Waals surface area contributed by atoms with Gasteiger partial charge in [-0.25, -0.2) is 4.79 Å². The average Bonchev–Trinajstić information content (AvgIpc) is 3.05. The molecule has 0 aromatic heterocycles. The van der Waals surface area contributed by atoms with Crippen molar-refractivity contribution in [1.82, 2.24) is 0 Å². The van der Waals surface area contributed by atoms with Crippen LogP contribution < -0.4 is 0 Å². The van der Waals surface area contributed by atoms with Crippen molar-refractivity contribution in [3.63, 3.8) is 0 Å². The Balaban J connectivity index is 0.000000971. The second-order valence-electron chi connectivity index (χ2n) is 9.85. The highest BCUT2D eigenvalue weighted by molar-refractivity contribution is 8.13. The zero-order valence-corrected chi connectivity index (χ0v) is 21.3. The van der Waals surface area contributed by atoms with Crippen molar-refractivity contribution in [2.24, 2.45) is 34.5 Å². The van der Waals surface area contributed by atoms with E-state index >= 15 is 0 Å². The minimum atomic E-state index is -0.800. The third-order valence-corrected chi connectivity index (χ3v) is 9.39. The molecule has 4 aliphatic carbocycles. The van der Waals surface area contributed by atoms with Crippen LogP contribution in [-0.4, -0.2) is 33.2 Å². The number of carboxylic acid groups (broad SMARTS) is 1. The van der Waals surface area contributed by atoms with E-state index in [-0.39, 0.29) is 30.1 Å². The number of hydrogen-bond donors (Lipinski definition) is 2. The summed E-state index contributed by atoms with van der Waals surface area (Å²) in [5.41, 5.74) is 1.39. The minimum absolute atomic E-state index is 0. The predicted molar refractivity (Wildman–Crippen MR) is 136 cm³/mol. The molecule has 0 aliphatic heterocycles. The van der Waals surface area contributed by atoms with Gasteiger partial charge in [0, 0.05) is 12.2 Å². The van der Waals surface area contributed by atoms with Gasteiger partial charge in [0.1, 0.15) is 0 Å². The molecule has 5 heteroatoms. The van der Waals surface area contributed by atoms with E-state index in [0.717, 1.165) is 56.7 Å². The van der Waals surface area contributed by atoms with Gasteiger partial charge in [-0.2, -0.15) is 0 Å². The molecule has 0 aromatic carbocycles. The number of rotatable bonds is 3. The first-order valence-corrected chi connectivity index (χ1v) is 13.5. The van der Waals surface area contributed by atoms with Gasteiger partial charge in [0.05, 0.1) is 6.10 Å². The third kappa shape index (κ3) is 5.29. The van der Waals surface area contributed by atoms with Crippen molar-refractivity contribution in [3.8, 4) is 0 Å². The lowest BCUT2D eigenvalue weighted by Gasteiger charge is -2.61. The van der Waals surface area contributed by atoms with Crippen LogP contribution in [0.3, 0.4) is 0 Å². The molecule has 32 heavy (non-hydrogen) atoms. The van der Waals surface area contributed by atoms with Crippen LogP contribution >= 0.6 is 11.8 Å². The molecule has 7 atom stereocenters. The summed E-state index contributed by atoms with van der Waals surface area (Å²) in [6.07, 6.45) is 9.33. The molecular weight excluding hydrogens is 420 g/mol. The molecule has 0 saturated heterocycles. The number of carbonyl (C=O) groups excluding carboxylic acids is 1. The number of aliphatic hydroxyl groups excluding tert-OH is 1. The van der Waals surface area contributed by atoms with E-state index in [1.807, 2.05) is 33.8 Å². The topological polar surface area (TPSA) is 74.6 Å². The van der Waals surface area contributed by atoms with Gasteiger partial charge in [0.25, 0.3) is 0 Å². The van der Waals surface area contributed by atoms with Gasteiger partial charge in [-0.3, -0.25) is 4.79 Å². The van der Waals surface area contributed by atoms with Crippen molar-refractivity contribution in [1.29, 1.82) is 0 Å². The molecule has 3 fully saturated rings. The lowest BCUT2D eigenvalue weighted by molar-refractivity contribution is -0.122. The lowest BCUT2D eigenvalue weighted by atomic mass is 9.44. The Hall–Kier alpha value is -0.810. The van der Waals surface area contributed by atoms with Gasteiger partial charge in [0.15, 0.2) is 5.78 Å². The maximum Gasteiger partial charge on any atom is 0.364 e. The molecule has 4 rings (SSSR count). The Bertz CT molecular complexity index is 675. The van der Waals surface area contributed by atoms with Crippen LogP contribution in [-0.2, 0) is 4.79 Å². The van der Waals surface area contributed by atoms with E-state index in [1.54, 1.807) is 0 Å². The zero-order valence-electron chi connectivity index (χ0n) is 20.4. The van der Waals surface area contributed by atoms with Gasteiger partial charge in [-0.15, -0.1) is 0 Å². The molecule has 4 nitrogen and oxygen atoms in total. The number of ketones is 1. The smallest absolute Gasteiger partial charge is 0.364 e. The van der Waals surface area contributed by atoms with Crippen LogP contribution in [0.4, 0.5) is 4.79 Å². The third-order valence-electron chi connectivity index (χ3n) is 8.70. The second-order valence-corrected chi connectivity index (χ2v) is 10.9. The van der Waals surface area contributed by atoms with Crippen molar-refractivity contribution >= 4 is 22.8 Å². The maximum atomic E-state index is 12.0. The van der Waals surface area contributed by atoms with Crippen LogP contribution in [0.5, 0.6) is 0 Å². The number of aliphatic hydroxyl groups is 1. The van der Waals surface area contributed by atoms with E-state index in [9.17, 15) is 14.7 Å². The summed E-state index contributed by atoms with van der Waals surface area (Å²) in [6.45, 7) is 12.6. The number of fused-ring (bicyclic) bond motifs is 5. The SMILES string of the molecule is C.CC.CC.CC12CCC(=O)C=C1CCC1C2C(CCSC(=O)O)CC2(C)C(O)CCC12. The second kappa shape index (κ2) is 12.1. The number of hydrogen-bond acceptors (Lipinski definition) is 4. The van der Waals surface area contributed by atoms with Crippen molar-refractivity contribution in [3.05, 3.63) is 11.6 Å². The largest absolute Gasteiger partial charge is 0.473 e. The van der Waals surface area contributed by atoms with Crippen molar-refractivity contribution in [2.45, 2.75) is 106 Å². The van der Waals surface area contributed by atoms with Gasteiger partial charge in [0.2, 0.25) is 0 Å². The highest BCUT2D eigenvalue weighted by Crippen LogP contribution is 2.67. The molecule has 2 N–H and O–H groups in total. The van der Waals surface area contributed by atoms with E-state index in [2.05, 4.69) is 13.8 Å². The van der Waals surface area contributed by atoms with Crippen LogP contribution in [0.25, 0.3) is 0 Å². The molecule has 0 spiro atoms. The standard InChI is InChI=1S/C22H32O4S.2C2H6.CH4/c1-21-9-7-15(23)11-14(21)3-4-16-17-5-6-18(24)22(17,2)12-13(19(16)21)8-10-27-20(25)26;2*1-2;/h11,13,16-19,24H,3-10,12H2,1-2H3,(H,25,26);2*1-2H3;1H4. The Morgan fingerprint density at radius 3 is 2.41 bits per heavy atom. The first-order valence-electron chi connectivity index (χ1n) is 12.5. The summed E-state index contributed by atoms with van der Waals surface area (Å²) in [7, 11) is 0. The monoisotopic (exact) mass is 468 g/mol. The Morgan fingerprint density at radius 1 is 1.12 bits per heavy atom. The van der Waals surface area contributed by atoms with E-state index in [0.29, 0.717) is 35.8 Å². The molecule has 186 valence electrons. The van der Waals surface area contributed by atoms with Gasteiger partial charge in [-0.1, -0.05) is 54.5 Å². The zero-order chi connectivity index (χ0) is 23.4. The minimum Gasteiger partial charge on any atom is -0.473 e. The average molecular weight is 469 g/mol. The summed E-state index contributed by atoms with van der Waals surface area (Å²) in [6, 6.07) is 0. The molecular formula is C27H48O4S. The summed E-state index contributed by atoms with van der Waals surface area (Å²) < 4.78 is 0. The normalized spacial score (nSPS) is 39.4. The highest BCUT2D eigenvalue weighted by atomic mass is 32.2. The van der Waals surface area contributed by atoms with E-state index in [4.69, 9.17) is 5.11 Å². The molecule has 4 aliphatic rings. The number of thioether (sulfide) groups is 1. The Labute approximate surface area is 201 Å². The summed E-state index contributed by atoms with van der Waals surface area (Å²) in [5, 5.41) is 19.0. The van der Waals surface area contributed by atoms with Crippen molar-refractivity contribution in [2.75, 3.05) is 5.75 Å². The molecule has 0 amide bonds. The van der Waals surface area contributed by atoms with E-state index < -0.39 is 5.30 Å². The van der Waals surface area contributed by atoms with Gasteiger partial charge >= 0.3 is 5.30 Å². The number of carbonyl (C=O) groups is 2. The fraction of sp³-hybridized carbons (Fsp3) is 0.852. The predicted octanol–water partition coefficient (Wildman–Crippen LogP) is 7.60. The van der Waals surface area contributed by atoms with Gasteiger partial charge < -0.3 is 10.2 Å². The fourth-order valence-electron chi connectivity index (χ4n) is 7.51. The van der Waals surface area contributed by atoms with E-state index in [1.165, 1.54) is 5.57 Å². The summed E-state index contributed by atoms with van der Waals surface area (Å²) in [4.78, 5) is 23.1. The molecule has 7 unspecified atom stereocenters. The first kappa shape index (κ1) is 29.2. The maximum absolute atomic E-state index is 12.0. The molecule has 0 aromatic rings. The fourth-order valence-corrected chi connectivity index (χ4v) is 8.11. The van der Waals surface area contributed by atoms with Crippen LogP contribution in [0.1, 0.15) is 100 Å². The van der Waals surface area contributed by atoms with Crippen molar-refractivity contribution < 1.29 is 19.8 Å². The Morgan fingerprint density at radius 2 is 1.78 bits per heavy atom.